The molecule has 0 spiro atoms. The number of aromatic amines is 1. The Kier molecular flexibility index (Phi) is 5.90. The summed E-state index contributed by atoms with van der Waals surface area (Å²) in [6.07, 6.45) is 10.4. The van der Waals surface area contributed by atoms with Crippen molar-refractivity contribution in [3.63, 3.8) is 0 Å². The van der Waals surface area contributed by atoms with Crippen LogP contribution in [0.4, 0.5) is 0 Å². The zero-order chi connectivity index (χ0) is 21.0. The minimum atomic E-state index is 0.289. The van der Waals surface area contributed by atoms with E-state index in [2.05, 4.69) is 69.4 Å². The minimum Gasteiger partial charge on any atom is -0.361 e. The van der Waals surface area contributed by atoms with E-state index in [9.17, 15) is 4.79 Å². The maximum atomic E-state index is 13.3. The number of para-hydroxylation sites is 1. The number of fused-ring (bicyclic) bond motifs is 2. The molecule has 3 aromatic rings. The highest BCUT2D eigenvalue weighted by Crippen LogP contribution is 2.31. The molecular formula is C27H31N3O. The molecule has 2 aliphatic heterocycles. The Morgan fingerprint density at radius 2 is 1.87 bits per heavy atom. The molecule has 0 aliphatic carbocycles. The Labute approximate surface area is 184 Å². The molecule has 3 heterocycles. The number of benzene rings is 2. The van der Waals surface area contributed by atoms with Gasteiger partial charge in [0.2, 0.25) is 5.91 Å². The van der Waals surface area contributed by atoms with Gasteiger partial charge in [0.15, 0.2) is 0 Å². The summed E-state index contributed by atoms with van der Waals surface area (Å²) in [5.74, 6) is 0.886. The molecule has 0 bridgehead atoms. The standard InChI is InChI=1S/C27H31N3O/c31-27(18-23-19-28-25-13-5-4-12-24(23)25)30-16-7-11-22-20-29(17-14-26(22)30)15-6-10-21-8-2-1-3-9-21/h1-6,8-10,12-13,19,22,26,28H,7,11,14-18,20H2/b10-6+/t22-,26-/m1/s1. The van der Waals surface area contributed by atoms with Gasteiger partial charge in [-0.1, -0.05) is 60.7 Å². The van der Waals surface area contributed by atoms with Crippen molar-refractivity contribution < 1.29 is 4.79 Å². The van der Waals surface area contributed by atoms with Crippen molar-refractivity contribution >= 4 is 22.9 Å². The molecule has 4 nitrogen and oxygen atoms in total. The first kappa shape index (κ1) is 20.1. The average Bonchev–Trinajstić information content (AvgIpc) is 3.22. The molecule has 160 valence electrons. The normalized spacial score (nSPS) is 22.1. The van der Waals surface area contributed by atoms with Crippen LogP contribution in [0.1, 0.15) is 30.4 Å². The molecule has 1 aromatic heterocycles. The highest BCUT2D eigenvalue weighted by Gasteiger charge is 2.37. The van der Waals surface area contributed by atoms with Gasteiger partial charge in [-0.3, -0.25) is 9.69 Å². The van der Waals surface area contributed by atoms with Crippen LogP contribution in [-0.4, -0.2) is 52.9 Å². The molecule has 5 rings (SSSR count). The lowest BCUT2D eigenvalue weighted by Gasteiger charge is -2.47. The fourth-order valence-electron chi connectivity index (χ4n) is 5.40. The highest BCUT2D eigenvalue weighted by atomic mass is 16.2. The molecule has 2 aliphatic rings. The van der Waals surface area contributed by atoms with E-state index >= 15 is 0 Å². The summed E-state index contributed by atoms with van der Waals surface area (Å²) >= 11 is 0. The van der Waals surface area contributed by atoms with Crippen LogP contribution in [0, 0.1) is 5.92 Å². The number of hydrogen-bond acceptors (Lipinski definition) is 2. The summed E-state index contributed by atoms with van der Waals surface area (Å²) in [5.41, 5.74) is 3.48. The molecule has 2 atom stereocenters. The molecule has 1 amide bonds. The van der Waals surface area contributed by atoms with Gasteiger partial charge in [-0.2, -0.15) is 0 Å². The average molecular weight is 414 g/mol. The number of carbonyl (C=O) groups excluding carboxylic acids is 1. The van der Waals surface area contributed by atoms with Gasteiger partial charge in [-0.15, -0.1) is 0 Å². The number of nitrogens with one attached hydrogen (secondary N) is 1. The predicted octanol–water partition coefficient (Wildman–Crippen LogP) is 4.74. The molecule has 0 radical (unpaired) electrons. The summed E-state index contributed by atoms with van der Waals surface area (Å²) in [6.45, 7) is 4.06. The number of aromatic nitrogens is 1. The first-order chi connectivity index (χ1) is 15.3. The molecule has 2 aromatic carbocycles. The van der Waals surface area contributed by atoms with E-state index in [1.165, 1.54) is 17.4 Å². The SMILES string of the molecule is O=C(Cc1c[nH]c2ccccc12)N1CCC[C@@H]2CN(C/C=C/c3ccccc3)CC[C@H]21. The first-order valence-electron chi connectivity index (χ1n) is 11.6. The van der Waals surface area contributed by atoms with Crippen LogP contribution in [0.15, 0.2) is 66.9 Å². The number of nitrogens with zero attached hydrogens (tertiary/aromatic N) is 2. The Morgan fingerprint density at radius 1 is 1.03 bits per heavy atom. The van der Waals surface area contributed by atoms with Crippen LogP contribution in [0.3, 0.4) is 0 Å². The number of hydrogen-bond donors (Lipinski definition) is 1. The van der Waals surface area contributed by atoms with Crippen LogP contribution in [0.5, 0.6) is 0 Å². The number of rotatable bonds is 5. The molecule has 0 saturated carbocycles. The molecular weight excluding hydrogens is 382 g/mol. The van der Waals surface area contributed by atoms with Crippen molar-refractivity contribution in [2.75, 3.05) is 26.2 Å². The van der Waals surface area contributed by atoms with Crippen molar-refractivity contribution in [2.24, 2.45) is 5.92 Å². The van der Waals surface area contributed by atoms with Crippen LogP contribution in [0.25, 0.3) is 17.0 Å². The monoisotopic (exact) mass is 413 g/mol. The Bertz CT molecular complexity index is 1050. The quantitative estimate of drug-likeness (QED) is 0.656. The summed E-state index contributed by atoms with van der Waals surface area (Å²) in [5, 5.41) is 1.17. The van der Waals surface area contributed by atoms with Gasteiger partial charge in [0.05, 0.1) is 6.42 Å². The summed E-state index contributed by atoms with van der Waals surface area (Å²) in [4.78, 5) is 21.3. The molecule has 4 heteroatoms. The predicted molar refractivity (Wildman–Crippen MR) is 127 cm³/mol. The number of likely N-dealkylation sites (tertiary alicyclic amines) is 2. The van der Waals surface area contributed by atoms with Gasteiger partial charge in [-0.05, 0) is 42.4 Å². The van der Waals surface area contributed by atoms with Gasteiger partial charge in [-0.25, -0.2) is 0 Å². The van der Waals surface area contributed by atoms with Crippen molar-refractivity contribution in [1.29, 1.82) is 0 Å². The smallest absolute Gasteiger partial charge is 0.227 e. The van der Waals surface area contributed by atoms with Gasteiger partial charge in [0.1, 0.15) is 0 Å². The van der Waals surface area contributed by atoms with Gasteiger partial charge in [0, 0.05) is 49.3 Å². The maximum Gasteiger partial charge on any atom is 0.227 e. The van der Waals surface area contributed by atoms with Crippen LogP contribution in [0.2, 0.25) is 0 Å². The fraction of sp³-hybridized carbons (Fsp3) is 0.370. The van der Waals surface area contributed by atoms with E-state index in [0.29, 0.717) is 18.4 Å². The van der Waals surface area contributed by atoms with E-state index < -0.39 is 0 Å². The Balaban J connectivity index is 1.20. The second kappa shape index (κ2) is 9.11. The Morgan fingerprint density at radius 3 is 2.77 bits per heavy atom. The number of H-pyrrole nitrogens is 1. The lowest BCUT2D eigenvalue weighted by molar-refractivity contribution is -0.137. The van der Waals surface area contributed by atoms with E-state index in [1.807, 2.05) is 18.3 Å². The number of piperidine rings is 2. The van der Waals surface area contributed by atoms with Crippen LogP contribution >= 0.6 is 0 Å². The molecule has 2 fully saturated rings. The molecule has 31 heavy (non-hydrogen) atoms. The van der Waals surface area contributed by atoms with E-state index in [4.69, 9.17) is 0 Å². The molecule has 2 saturated heterocycles. The largest absolute Gasteiger partial charge is 0.361 e. The maximum absolute atomic E-state index is 13.3. The van der Waals surface area contributed by atoms with E-state index in [-0.39, 0.29) is 5.91 Å². The van der Waals surface area contributed by atoms with Gasteiger partial charge in [0.25, 0.3) is 0 Å². The molecule has 1 N–H and O–H groups in total. The zero-order valence-corrected chi connectivity index (χ0v) is 18.0. The second-order valence-electron chi connectivity index (χ2n) is 8.95. The Hall–Kier alpha value is -2.85. The summed E-state index contributed by atoms with van der Waals surface area (Å²) in [7, 11) is 0. The van der Waals surface area contributed by atoms with Crippen molar-refractivity contribution in [3.05, 3.63) is 78.0 Å². The van der Waals surface area contributed by atoms with E-state index in [0.717, 1.165) is 50.1 Å². The fourth-order valence-corrected chi connectivity index (χ4v) is 5.40. The summed E-state index contributed by atoms with van der Waals surface area (Å²) < 4.78 is 0. The van der Waals surface area contributed by atoms with Gasteiger partial charge >= 0.3 is 0 Å². The summed E-state index contributed by atoms with van der Waals surface area (Å²) in [6, 6.07) is 19.1. The van der Waals surface area contributed by atoms with Crippen molar-refractivity contribution in [3.8, 4) is 0 Å². The topological polar surface area (TPSA) is 39.3 Å². The van der Waals surface area contributed by atoms with Crippen molar-refractivity contribution in [1.82, 2.24) is 14.8 Å². The first-order valence-corrected chi connectivity index (χ1v) is 11.6. The van der Waals surface area contributed by atoms with E-state index in [1.54, 1.807) is 0 Å². The lowest BCUT2D eigenvalue weighted by Crippen LogP contribution is -2.56. The van der Waals surface area contributed by atoms with Crippen LogP contribution in [-0.2, 0) is 11.2 Å². The highest BCUT2D eigenvalue weighted by molar-refractivity contribution is 5.89. The lowest BCUT2D eigenvalue weighted by atomic mass is 9.83. The van der Waals surface area contributed by atoms with Crippen LogP contribution < -0.4 is 0 Å². The third kappa shape index (κ3) is 4.45. The number of carbonyl (C=O) groups is 1. The van der Waals surface area contributed by atoms with Crippen molar-refractivity contribution in [2.45, 2.75) is 31.7 Å². The van der Waals surface area contributed by atoms with Gasteiger partial charge < -0.3 is 9.88 Å². The zero-order valence-electron chi connectivity index (χ0n) is 18.0. The third-order valence-corrected chi connectivity index (χ3v) is 6.96. The third-order valence-electron chi connectivity index (χ3n) is 6.96. The minimum absolute atomic E-state index is 0.289. The second-order valence-corrected chi connectivity index (χ2v) is 8.95. The number of amides is 1. The molecule has 0 unspecified atom stereocenters.